The van der Waals surface area contributed by atoms with Gasteiger partial charge in [0, 0.05) is 5.88 Å². The third kappa shape index (κ3) is 3.88. The number of alkyl halides is 1. The highest BCUT2D eigenvalue weighted by molar-refractivity contribution is 9.10. The number of halogens is 2. The molecule has 0 atom stereocenters. The van der Waals surface area contributed by atoms with Gasteiger partial charge in [0.1, 0.15) is 18.1 Å². The molecule has 100 valence electrons. The van der Waals surface area contributed by atoms with Crippen molar-refractivity contribution in [3.8, 4) is 11.5 Å². The Morgan fingerprint density at radius 1 is 1.11 bits per heavy atom. The van der Waals surface area contributed by atoms with E-state index in [1.807, 2.05) is 42.5 Å². The predicted octanol–water partition coefficient (Wildman–Crippen LogP) is 4.78. The Morgan fingerprint density at radius 2 is 1.95 bits per heavy atom. The number of benzene rings is 2. The lowest BCUT2D eigenvalue weighted by molar-refractivity contribution is 0.303. The van der Waals surface area contributed by atoms with Crippen LogP contribution in [-0.4, -0.2) is 7.11 Å². The summed E-state index contributed by atoms with van der Waals surface area (Å²) in [5.41, 5.74) is 2.12. The molecule has 2 nitrogen and oxygen atoms in total. The van der Waals surface area contributed by atoms with Crippen LogP contribution in [0.5, 0.6) is 11.5 Å². The van der Waals surface area contributed by atoms with E-state index < -0.39 is 0 Å². The summed E-state index contributed by atoms with van der Waals surface area (Å²) in [5.74, 6) is 2.13. The molecule has 2 aromatic rings. The van der Waals surface area contributed by atoms with Crippen LogP contribution in [0.15, 0.2) is 46.9 Å². The van der Waals surface area contributed by atoms with Gasteiger partial charge in [-0.1, -0.05) is 18.2 Å². The summed E-state index contributed by atoms with van der Waals surface area (Å²) >= 11 is 9.26. The zero-order valence-corrected chi connectivity index (χ0v) is 12.9. The third-order valence-corrected chi connectivity index (χ3v) is 3.61. The molecular weight excluding hydrogens is 328 g/mol. The smallest absolute Gasteiger partial charge is 0.134 e. The van der Waals surface area contributed by atoms with Crippen LogP contribution in [0.2, 0.25) is 0 Å². The summed E-state index contributed by atoms with van der Waals surface area (Å²) in [4.78, 5) is 0. The summed E-state index contributed by atoms with van der Waals surface area (Å²) in [6.45, 7) is 0.496. The van der Waals surface area contributed by atoms with Crippen molar-refractivity contribution in [3.05, 3.63) is 58.1 Å². The molecule has 0 aliphatic carbocycles. The van der Waals surface area contributed by atoms with Gasteiger partial charge in [-0.25, -0.2) is 0 Å². The first-order valence-electron chi connectivity index (χ1n) is 5.83. The number of ether oxygens (including phenoxy) is 2. The van der Waals surface area contributed by atoms with Gasteiger partial charge >= 0.3 is 0 Å². The molecule has 0 fully saturated rings. The largest absolute Gasteiger partial charge is 0.497 e. The van der Waals surface area contributed by atoms with Gasteiger partial charge in [0.25, 0.3) is 0 Å². The Kier molecular flexibility index (Phi) is 5.11. The summed E-state index contributed by atoms with van der Waals surface area (Å²) in [6.07, 6.45) is 0. The predicted molar refractivity (Wildman–Crippen MR) is 81.0 cm³/mol. The highest BCUT2D eigenvalue weighted by atomic mass is 79.9. The van der Waals surface area contributed by atoms with Crippen LogP contribution in [0.3, 0.4) is 0 Å². The van der Waals surface area contributed by atoms with Gasteiger partial charge in [-0.05, 0) is 51.3 Å². The van der Waals surface area contributed by atoms with E-state index in [4.69, 9.17) is 21.1 Å². The Balaban J connectivity index is 2.05. The van der Waals surface area contributed by atoms with E-state index in [0.717, 1.165) is 27.1 Å². The molecule has 0 bridgehead atoms. The maximum absolute atomic E-state index is 5.78. The monoisotopic (exact) mass is 340 g/mol. The molecule has 0 amide bonds. The van der Waals surface area contributed by atoms with Gasteiger partial charge in [-0.3, -0.25) is 0 Å². The Labute approximate surface area is 126 Å². The third-order valence-electron chi connectivity index (χ3n) is 2.68. The summed E-state index contributed by atoms with van der Waals surface area (Å²) in [7, 11) is 1.65. The number of methoxy groups -OCH3 is 1. The van der Waals surface area contributed by atoms with Crippen LogP contribution in [0.25, 0.3) is 0 Å². The molecule has 0 aliphatic rings. The lowest BCUT2D eigenvalue weighted by atomic mass is 10.2. The van der Waals surface area contributed by atoms with Crippen molar-refractivity contribution in [2.24, 2.45) is 0 Å². The number of rotatable bonds is 5. The van der Waals surface area contributed by atoms with Crippen LogP contribution in [0.1, 0.15) is 11.1 Å². The fraction of sp³-hybridized carbons (Fsp3) is 0.200. The second kappa shape index (κ2) is 6.83. The molecule has 0 radical (unpaired) electrons. The minimum atomic E-state index is 0.495. The zero-order chi connectivity index (χ0) is 13.7. The molecule has 4 heteroatoms. The molecule has 0 aromatic heterocycles. The maximum atomic E-state index is 5.78. The van der Waals surface area contributed by atoms with E-state index in [2.05, 4.69) is 15.9 Å². The van der Waals surface area contributed by atoms with Gasteiger partial charge in [-0.2, -0.15) is 0 Å². The first-order valence-corrected chi connectivity index (χ1v) is 7.16. The van der Waals surface area contributed by atoms with E-state index >= 15 is 0 Å². The minimum absolute atomic E-state index is 0.495. The average Bonchev–Trinajstić information content (AvgIpc) is 2.46. The minimum Gasteiger partial charge on any atom is -0.497 e. The first kappa shape index (κ1) is 14.2. The highest BCUT2D eigenvalue weighted by Crippen LogP contribution is 2.27. The van der Waals surface area contributed by atoms with Crippen molar-refractivity contribution in [1.82, 2.24) is 0 Å². The van der Waals surface area contributed by atoms with E-state index in [0.29, 0.717) is 12.5 Å². The van der Waals surface area contributed by atoms with Crippen LogP contribution in [-0.2, 0) is 12.5 Å². The van der Waals surface area contributed by atoms with E-state index in [9.17, 15) is 0 Å². The van der Waals surface area contributed by atoms with Crippen molar-refractivity contribution in [1.29, 1.82) is 0 Å². The summed E-state index contributed by atoms with van der Waals surface area (Å²) in [5, 5.41) is 0. The lowest BCUT2D eigenvalue weighted by Crippen LogP contribution is -1.97. The van der Waals surface area contributed by atoms with Crippen molar-refractivity contribution in [3.63, 3.8) is 0 Å². The molecular formula is C15H14BrClO2. The van der Waals surface area contributed by atoms with Crippen molar-refractivity contribution >= 4 is 27.5 Å². The topological polar surface area (TPSA) is 18.5 Å². The fourth-order valence-electron chi connectivity index (χ4n) is 1.67. The van der Waals surface area contributed by atoms with Crippen LogP contribution < -0.4 is 9.47 Å². The molecule has 19 heavy (non-hydrogen) atoms. The van der Waals surface area contributed by atoms with E-state index in [1.54, 1.807) is 7.11 Å². The summed E-state index contributed by atoms with van der Waals surface area (Å²) in [6, 6.07) is 13.7. The average molecular weight is 342 g/mol. The van der Waals surface area contributed by atoms with Gasteiger partial charge < -0.3 is 9.47 Å². The SMILES string of the molecule is COc1cccc(COc2ccc(CCl)cc2Br)c1. The van der Waals surface area contributed by atoms with E-state index in [-0.39, 0.29) is 0 Å². The maximum Gasteiger partial charge on any atom is 0.134 e. The zero-order valence-electron chi connectivity index (χ0n) is 10.5. The van der Waals surface area contributed by atoms with E-state index in [1.165, 1.54) is 0 Å². The Bertz CT molecular complexity index is 558. The highest BCUT2D eigenvalue weighted by Gasteiger charge is 2.03. The first-order chi connectivity index (χ1) is 9.22. The molecule has 0 saturated heterocycles. The molecule has 0 aliphatic heterocycles. The van der Waals surface area contributed by atoms with Gasteiger partial charge in [0.2, 0.25) is 0 Å². The molecule has 2 aromatic carbocycles. The standard InChI is InChI=1S/C15H14BrClO2/c1-18-13-4-2-3-12(7-13)10-19-15-6-5-11(9-17)8-14(15)16/h2-8H,9-10H2,1H3. The van der Waals surface area contributed by atoms with Crippen molar-refractivity contribution < 1.29 is 9.47 Å². The number of hydrogen-bond acceptors (Lipinski definition) is 2. The van der Waals surface area contributed by atoms with Gasteiger partial charge in [0.05, 0.1) is 11.6 Å². The Morgan fingerprint density at radius 3 is 2.63 bits per heavy atom. The second-order valence-electron chi connectivity index (χ2n) is 4.04. The van der Waals surface area contributed by atoms with Crippen molar-refractivity contribution in [2.45, 2.75) is 12.5 Å². The van der Waals surface area contributed by atoms with Crippen molar-refractivity contribution in [2.75, 3.05) is 7.11 Å². The molecule has 0 saturated carbocycles. The molecule has 0 unspecified atom stereocenters. The quantitative estimate of drug-likeness (QED) is 0.729. The van der Waals surface area contributed by atoms with Gasteiger partial charge in [-0.15, -0.1) is 11.6 Å². The normalized spacial score (nSPS) is 10.3. The van der Waals surface area contributed by atoms with Crippen LogP contribution >= 0.6 is 27.5 Å². The van der Waals surface area contributed by atoms with Crippen LogP contribution in [0, 0.1) is 0 Å². The molecule has 2 rings (SSSR count). The molecule has 0 N–H and O–H groups in total. The molecule has 0 spiro atoms. The second-order valence-corrected chi connectivity index (χ2v) is 5.16. The fourth-order valence-corrected chi connectivity index (χ4v) is 2.37. The number of hydrogen-bond donors (Lipinski definition) is 0. The molecule has 0 heterocycles. The Hall–Kier alpha value is -1.19. The summed E-state index contributed by atoms with van der Waals surface area (Å²) < 4.78 is 11.9. The van der Waals surface area contributed by atoms with Gasteiger partial charge in [0.15, 0.2) is 0 Å². The lowest BCUT2D eigenvalue weighted by Gasteiger charge is -2.10. The van der Waals surface area contributed by atoms with Crippen LogP contribution in [0.4, 0.5) is 0 Å².